The van der Waals surface area contributed by atoms with Crippen molar-refractivity contribution in [1.29, 1.82) is 5.41 Å². The Morgan fingerprint density at radius 1 is 1.12 bits per heavy atom. The third-order valence-electron chi connectivity index (χ3n) is 4.62. The number of carbonyl (C=O) groups is 1. The van der Waals surface area contributed by atoms with Crippen LogP contribution in [0.4, 0.5) is 28.9 Å². The van der Waals surface area contributed by atoms with Crippen LogP contribution in [0.1, 0.15) is 22.8 Å². The number of hydrogen-bond acceptors (Lipinski definition) is 6. The molecule has 1 aliphatic heterocycles. The summed E-state index contributed by atoms with van der Waals surface area (Å²) >= 11 is 0. The Labute approximate surface area is 181 Å². The molecule has 2 aromatic carbocycles. The van der Waals surface area contributed by atoms with Gasteiger partial charge in [-0.05, 0) is 37.3 Å². The van der Waals surface area contributed by atoms with Gasteiger partial charge in [0, 0.05) is 28.6 Å². The second-order valence-corrected chi connectivity index (χ2v) is 9.62. The van der Waals surface area contributed by atoms with Crippen molar-refractivity contribution in [3.63, 3.8) is 0 Å². The number of amides is 1. The molecule has 1 saturated heterocycles. The van der Waals surface area contributed by atoms with Crippen LogP contribution in [0.5, 0.6) is 5.75 Å². The number of hydrogen-bond donors (Lipinski definition) is 3. The fraction of sp³-hybridized carbons (Fsp3) is 0.300. The Morgan fingerprint density at radius 2 is 1.81 bits per heavy atom. The van der Waals surface area contributed by atoms with E-state index in [1.54, 1.807) is 6.92 Å². The van der Waals surface area contributed by atoms with Crippen molar-refractivity contribution in [3.8, 4) is 5.75 Å². The lowest BCUT2D eigenvalue weighted by Crippen LogP contribution is -2.63. The fourth-order valence-electron chi connectivity index (χ4n) is 3.39. The zero-order chi connectivity index (χ0) is 23.7. The quantitative estimate of drug-likeness (QED) is 0.401. The van der Waals surface area contributed by atoms with Crippen molar-refractivity contribution in [2.45, 2.75) is 25.5 Å². The lowest BCUT2D eigenvalue weighted by Gasteiger charge is -2.38. The first kappa shape index (κ1) is 23.5. The molecule has 32 heavy (non-hydrogen) atoms. The molecule has 3 N–H and O–H groups in total. The van der Waals surface area contributed by atoms with Gasteiger partial charge in [-0.15, -0.1) is 0 Å². The van der Waals surface area contributed by atoms with Gasteiger partial charge in [-0.3, -0.25) is 10.2 Å². The SMILES string of the molecule is CC1(NC(=O)c2ccc(Nc3cccc(OC(F)F)c3)c(C(=N)C(F)F)c2)CS(=O)(=O)C1. The number of alkyl halides is 4. The summed E-state index contributed by atoms with van der Waals surface area (Å²) in [6.07, 6.45) is -3.14. The van der Waals surface area contributed by atoms with Crippen molar-refractivity contribution >= 4 is 32.8 Å². The molecular formula is C20H19F4N3O4S. The molecule has 1 aliphatic rings. The zero-order valence-electron chi connectivity index (χ0n) is 16.7. The molecule has 2 aromatic rings. The molecule has 0 radical (unpaired) electrons. The first-order chi connectivity index (χ1) is 14.9. The van der Waals surface area contributed by atoms with Crippen LogP contribution in [0.2, 0.25) is 0 Å². The van der Waals surface area contributed by atoms with E-state index in [1.807, 2.05) is 0 Å². The van der Waals surface area contributed by atoms with Crippen LogP contribution in [-0.4, -0.2) is 50.1 Å². The second-order valence-electron chi connectivity index (χ2n) is 7.55. The Balaban J connectivity index is 1.87. The summed E-state index contributed by atoms with van der Waals surface area (Å²) in [6.45, 7) is -1.49. The van der Waals surface area contributed by atoms with Gasteiger partial charge in [0.2, 0.25) is 0 Å². The maximum Gasteiger partial charge on any atom is 0.387 e. The maximum atomic E-state index is 13.3. The predicted octanol–water partition coefficient (Wildman–Crippen LogP) is 3.58. The van der Waals surface area contributed by atoms with Gasteiger partial charge in [0.25, 0.3) is 12.3 Å². The minimum atomic E-state index is -3.22. The van der Waals surface area contributed by atoms with E-state index < -0.39 is 40.0 Å². The minimum absolute atomic E-state index is 0.0403. The van der Waals surface area contributed by atoms with Crippen molar-refractivity contribution in [1.82, 2.24) is 5.32 Å². The monoisotopic (exact) mass is 473 g/mol. The molecule has 0 aliphatic carbocycles. The molecule has 1 fully saturated rings. The molecule has 0 atom stereocenters. The van der Waals surface area contributed by atoms with E-state index in [2.05, 4.69) is 15.4 Å². The maximum absolute atomic E-state index is 13.3. The zero-order valence-corrected chi connectivity index (χ0v) is 17.5. The van der Waals surface area contributed by atoms with E-state index in [9.17, 15) is 30.8 Å². The predicted molar refractivity (Wildman–Crippen MR) is 110 cm³/mol. The van der Waals surface area contributed by atoms with Crippen LogP contribution >= 0.6 is 0 Å². The smallest absolute Gasteiger partial charge is 0.387 e. The number of halogens is 4. The highest BCUT2D eigenvalue weighted by Gasteiger charge is 2.45. The lowest BCUT2D eigenvalue weighted by atomic mass is 10.0. The van der Waals surface area contributed by atoms with E-state index >= 15 is 0 Å². The van der Waals surface area contributed by atoms with Gasteiger partial charge in [0.05, 0.1) is 17.0 Å². The van der Waals surface area contributed by atoms with E-state index in [0.29, 0.717) is 0 Å². The van der Waals surface area contributed by atoms with E-state index in [1.165, 1.54) is 36.4 Å². The molecule has 3 rings (SSSR count). The van der Waals surface area contributed by atoms with Crippen LogP contribution < -0.4 is 15.4 Å². The van der Waals surface area contributed by atoms with Crippen LogP contribution in [0.25, 0.3) is 0 Å². The molecular weight excluding hydrogens is 454 g/mol. The van der Waals surface area contributed by atoms with Crippen molar-refractivity contribution < 1.29 is 35.5 Å². The number of ether oxygens (including phenoxy) is 1. The Morgan fingerprint density at radius 3 is 2.41 bits per heavy atom. The molecule has 7 nitrogen and oxygen atoms in total. The summed E-state index contributed by atoms with van der Waals surface area (Å²) in [5.74, 6) is -1.30. The highest BCUT2D eigenvalue weighted by molar-refractivity contribution is 7.93. The first-order valence-corrected chi connectivity index (χ1v) is 11.1. The van der Waals surface area contributed by atoms with Gasteiger partial charge in [-0.25, -0.2) is 17.2 Å². The molecule has 0 aromatic heterocycles. The molecule has 0 bridgehead atoms. The summed E-state index contributed by atoms with van der Waals surface area (Å²) in [5.41, 5.74) is -2.07. The lowest BCUT2D eigenvalue weighted by molar-refractivity contribution is -0.0498. The second kappa shape index (κ2) is 8.77. The summed E-state index contributed by atoms with van der Waals surface area (Å²) in [4.78, 5) is 12.6. The van der Waals surface area contributed by atoms with Crippen LogP contribution in [0, 0.1) is 5.41 Å². The van der Waals surface area contributed by atoms with Gasteiger partial charge >= 0.3 is 6.61 Å². The van der Waals surface area contributed by atoms with E-state index in [4.69, 9.17) is 5.41 Å². The Kier molecular flexibility index (Phi) is 6.44. The van der Waals surface area contributed by atoms with Gasteiger partial charge in [0.15, 0.2) is 9.84 Å². The number of benzene rings is 2. The van der Waals surface area contributed by atoms with Gasteiger partial charge in [-0.1, -0.05) is 6.07 Å². The van der Waals surface area contributed by atoms with Crippen molar-refractivity contribution in [2.24, 2.45) is 0 Å². The molecule has 172 valence electrons. The average molecular weight is 473 g/mol. The fourth-order valence-corrected chi connectivity index (χ4v) is 5.39. The Hall–Kier alpha value is -3.15. The topological polar surface area (TPSA) is 108 Å². The number of anilines is 2. The summed E-state index contributed by atoms with van der Waals surface area (Å²) in [5, 5.41) is 13.0. The van der Waals surface area contributed by atoms with Gasteiger partial charge in [-0.2, -0.15) is 8.78 Å². The first-order valence-electron chi connectivity index (χ1n) is 9.23. The number of sulfone groups is 1. The Bertz CT molecular complexity index is 1140. The molecule has 0 spiro atoms. The highest BCUT2D eigenvalue weighted by atomic mass is 32.2. The van der Waals surface area contributed by atoms with Crippen LogP contribution in [0.3, 0.4) is 0 Å². The largest absolute Gasteiger partial charge is 0.435 e. The van der Waals surface area contributed by atoms with Crippen LogP contribution in [0.15, 0.2) is 42.5 Å². The molecule has 1 amide bonds. The summed E-state index contributed by atoms with van der Waals surface area (Å²) < 4.78 is 78.5. The molecule has 1 heterocycles. The number of rotatable bonds is 8. The van der Waals surface area contributed by atoms with E-state index in [-0.39, 0.29) is 39.8 Å². The number of nitrogens with one attached hydrogen (secondary N) is 3. The number of carbonyl (C=O) groups excluding carboxylic acids is 1. The van der Waals surface area contributed by atoms with Gasteiger partial charge in [0.1, 0.15) is 11.5 Å². The standard InChI is InChI=1S/C20H19F4N3O4S/c1-20(9-32(29,30)10-20)27-18(28)11-5-6-15(14(7-11)16(25)17(21)22)26-12-3-2-4-13(8-12)31-19(23)24/h2-8,17,19,25-26H,9-10H2,1H3,(H,27,28). The minimum Gasteiger partial charge on any atom is -0.435 e. The third-order valence-corrected chi connectivity index (χ3v) is 6.77. The van der Waals surface area contributed by atoms with Gasteiger partial charge < -0.3 is 15.4 Å². The average Bonchev–Trinajstić information content (AvgIpc) is 2.65. The summed E-state index contributed by atoms with van der Waals surface area (Å²) in [6, 6.07) is 9.09. The summed E-state index contributed by atoms with van der Waals surface area (Å²) in [7, 11) is -3.22. The van der Waals surface area contributed by atoms with E-state index in [0.717, 1.165) is 6.07 Å². The molecule has 12 heteroatoms. The third kappa shape index (κ3) is 5.55. The highest BCUT2D eigenvalue weighted by Crippen LogP contribution is 2.28. The normalized spacial score (nSPS) is 16.3. The molecule has 0 unspecified atom stereocenters. The van der Waals surface area contributed by atoms with Crippen LogP contribution in [-0.2, 0) is 9.84 Å². The molecule has 0 saturated carbocycles. The van der Waals surface area contributed by atoms with Crippen molar-refractivity contribution in [3.05, 3.63) is 53.6 Å². The van der Waals surface area contributed by atoms with Crippen molar-refractivity contribution in [2.75, 3.05) is 16.8 Å².